The topological polar surface area (TPSA) is 12.4 Å². The van der Waals surface area contributed by atoms with Gasteiger partial charge >= 0.3 is 0 Å². The van der Waals surface area contributed by atoms with Crippen molar-refractivity contribution in [3.8, 4) is 0 Å². The molecule has 0 aromatic heterocycles. The second-order valence-corrected chi connectivity index (χ2v) is 0.497. The van der Waals surface area contributed by atoms with E-state index in [0.717, 1.165) is 0 Å². The zero-order valence-corrected chi connectivity index (χ0v) is 4.40. The predicted octanol–water partition coefficient (Wildman–Crippen LogP) is 1.14. The molecule has 0 aromatic carbocycles. The van der Waals surface area contributed by atoms with Crippen LogP contribution < -0.4 is 0 Å². The predicted molar refractivity (Wildman–Crippen MR) is 28.2 cm³/mol. The van der Waals surface area contributed by atoms with Crippen LogP contribution in [0.25, 0.3) is 0 Å². The third-order valence-electron chi connectivity index (χ3n) is 0.0913. The minimum atomic E-state index is 0. The van der Waals surface area contributed by atoms with Crippen LogP contribution in [0.4, 0.5) is 0 Å². The van der Waals surface area contributed by atoms with Crippen LogP contribution in [0.3, 0.4) is 0 Å². The third-order valence-corrected chi connectivity index (χ3v) is 0.274. The first-order valence-electron chi connectivity index (χ1n) is 0.875. The van der Waals surface area contributed by atoms with Crippen molar-refractivity contribution in [3.05, 3.63) is 0 Å². The molecule has 0 radical (unpaired) electrons. The number of aliphatic imine (C=N–C) groups is 1. The lowest BCUT2D eigenvalue weighted by Crippen LogP contribution is -1.33. The fourth-order valence-corrected chi connectivity index (χ4v) is 0. The summed E-state index contributed by atoms with van der Waals surface area (Å²) in [5.74, 6) is 0. The van der Waals surface area contributed by atoms with E-state index in [1.807, 2.05) is 0 Å². The first-order chi connectivity index (χ1) is 1.91. The molecule has 0 rings (SSSR count). The van der Waals surface area contributed by atoms with Crippen molar-refractivity contribution in [3.63, 3.8) is 0 Å². The minimum Gasteiger partial charge on any atom is -0.236 e. The van der Waals surface area contributed by atoms with Crippen molar-refractivity contribution in [2.45, 2.75) is 0 Å². The van der Waals surface area contributed by atoms with Crippen LogP contribution in [0.15, 0.2) is 4.99 Å². The van der Waals surface area contributed by atoms with E-state index in [1.54, 1.807) is 7.05 Å². The maximum Gasteiger partial charge on any atom is 0.0582 e. The van der Waals surface area contributed by atoms with Gasteiger partial charge in [0, 0.05) is 7.05 Å². The van der Waals surface area contributed by atoms with Gasteiger partial charge in [-0.25, -0.2) is 4.99 Å². The van der Waals surface area contributed by atoms with Crippen LogP contribution in [-0.4, -0.2) is 12.2 Å². The van der Waals surface area contributed by atoms with Crippen molar-refractivity contribution in [2.75, 3.05) is 7.05 Å². The number of nitrogens with zero attached hydrogens (tertiary/aromatic N) is 1. The van der Waals surface area contributed by atoms with Crippen LogP contribution in [-0.2, 0) is 0 Å². The summed E-state index contributed by atoms with van der Waals surface area (Å²) < 4.78 is 0. The highest BCUT2D eigenvalue weighted by Gasteiger charge is 1.24. The summed E-state index contributed by atoms with van der Waals surface area (Å²) in [5, 5.41) is 2.14. The molecule has 5 heavy (non-hydrogen) atoms. The van der Waals surface area contributed by atoms with Crippen molar-refractivity contribution in [1.29, 1.82) is 0 Å². The summed E-state index contributed by atoms with van der Waals surface area (Å²) in [5.41, 5.74) is 0. The lowest BCUT2D eigenvalue weighted by Gasteiger charge is -1.39. The fraction of sp³-hybridized carbons (Fsp3) is 0.500. The normalized spacial score (nSPS) is 3.40. The molecule has 0 aliphatic rings. The molecule has 0 saturated carbocycles. The molecule has 0 N–H and O–H groups in total. The molecule has 0 amide bonds. The number of rotatable bonds is 0. The molecule has 0 aromatic rings. The summed E-state index contributed by atoms with van der Waals surface area (Å²) in [6, 6.07) is 0. The number of halogens is 1. The smallest absolute Gasteiger partial charge is 0.0582 e. The molecule has 0 aliphatic carbocycles. The number of hydrogen-bond acceptors (Lipinski definition) is 2. The zero-order chi connectivity index (χ0) is 3.41. The average Bonchev–Trinajstić information content (AvgIpc) is 1.37. The van der Waals surface area contributed by atoms with Crippen LogP contribution in [0.2, 0.25) is 0 Å². The van der Waals surface area contributed by atoms with Crippen LogP contribution in [0.1, 0.15) is 0 Å². The molecule has 1 nitrogen and oxygen atoms in total. The Morgan fingerprint density at radius 3 is 2.00 bits per heavy atom. The second-order valence-electron chi connectivity index (χ2n) is 0.315. The molecular formula is C2H4ClNS. The molecule has 0 bridgehead atoms. The van der Waals surface area contributed by atoms with E-state index in [1.165, 1.54) is 0 Å². The molecule has 0 saturated heterocycles. The Hall–Kier alpha value is 0.0900. The van der Waals surface area contributed by atoms with E-state index in [2.05, 4.69) is 22.4 Å². The molecular weight excluding hydrogens is 106 g/mol. The summed E-state index contributed by atoms with van der Waals surface area (Å²) in [4.78, 5) is 3.30. The summed E-state index contributed by atoms with van der Waals surface area (Å²) >= 11 is 4.14. The van der Waals surface area contributed by atoms with Gasteiger partial charge in [-0.15, -0.1) is 12.4 Å². The summed E-state index contributed by atoms with van der Waals surface area (Å²) in [6.45, 7) is 0. The van der Waals surface area contributed by atoms with Crippen LogP contribution in [0.5, 0.6) is 0 Å². The molecule has 0 fully saturated rings. The standard InChI is InChI=1S/C2H3NS.ClH/c1-3-2-4;/h1H3;1H. The largest absolute Gasteiger partial charge is 0.236 e. The monoisotopic (exact) mass is 109 g/mol. The zero-order valence-electron chi connectivity index (χ0n) is 2.76. The first-order valence-corrected chi connectivity index (χ1v) is 1.28. The molecule has 0 atom stereocenters. The maximum absolute atomic E-state index is 4.14. The molecule has 30 valence electrons. The number of thiocarbonyl (C=S) groups is 1. The lowest BCUT2D eigenvalue weighted by atomic mass is 11.4. The minimum absolute atomic E-state index is 0. The highest BCUT2D eigenvalue weighted by Crippen LogP contribution is 1.36. The summed E-state index contributed by atoms with van der Waals surface area (Å²) in [6.07, 6.45) is 0. The van der Waals surface area contributed by atoms with Gasteiger partial charge < -0.3 is 0 Å². The van der Waals surface area contributed by atoms with Gasteiger partial charge in [0.05, 0.1) is 5.16 Å². The van der Waals surface area contributed by atoms with E-state index in [0.29, 0.717) is 0 Å². The molecule has 0 unspecified atom stereocenters. The SMILES string of the molecule is CN=C=S.Cl. The van der Waals surface area contributed by atoms with Crippen molar-refractivity contribution >= 4 is 29.8 Å². The summed E-state index contributed by atoms with van der Waals surface area (Å²) in [7, 11) is 1.59. The Labute approximate surface area is 42.5 Å². The highest BCUT2D eigenvalue weighted by molar-refractivity contribution is 7.78. The maximum atomic E-state index is 4.14. The van der Waals surface area contributed by atoms with E-state index in [4.69, 9.17) is 0 Å². The average molecular weight is 110 g/mol. The molecule has 0 spiro atoms. The van der Waals surface area contributed by atoms with Gasteiger partial charge in [-0.2, -0.15) is 0 Å². The Balaban J connectivity index is 0. The molecule has 0 aliphatic heterocycles. The Morgan fingerprint density at radius 2 is 2.00 bits per heavy atom. The third kappa shape index (κ3) is 15.0. The Kier molecular flexibility index (Phi) is 15.9. The van der Waals surface area contributed by atoms with Crippen molar-refractivity contribution in [2.24, 2.45) is 4.99 Å². The van der Waals surface area contributed by atoms with E-state index in [9.17, 15) is 0 Å². The first kappa shape index (κ1) is 8.92. The van der Waals surface area contributed by atoms with E-state index >= 15 is 0 Å². The van der Waals surface area contributed by atoms with Gasteiger partial charge in [-0.3, -0.25) is 0 Å². The van der Waals surface area contributed by atoms with E-state index < -0.39 is 0 Å². The lowest BCUT2D eigenvalue weighted by molar-refractivity contribution is 1.49. The fourth-order valence-electron chi connectivity index (χ4n) is 0. The van der Waals surface area contributed by atoms with Crippen LogP contribution >= 0.6 is 24.6 Å². The highest BCUT2D eigenvalue weighted by atomic mass is 35.5. The van der Waals surface area contributed by atoms with Gasteiger partial charge in [-0.05, 0) is 12.2 Å². The van der Waals surface area contributed by atoms with E-state index in [-0.39, 0.29) is 12.4 Å². The van der Waals surface area contributed by atoms with Crippen molar-refractivity contribution in [1.82, 2.24) is 0 Å². The van der Waals surface area contributed by atoms with Gasteiger partial charge in [0.25, 0.3) is 0 Å². The second kappa shape index (κ2) is 8.94. The Morgan fingerprint density at radius 1 is 1.80 bits per heavy atom. The number of isothiocyanates is 1. The van der Waals surface area contributed by atoms with Crippen LogP contribution in [0, 0.1) is 0 Å². The quantitative estimate of drug-likeness (QED) is 0.336. The van der Waals surface area contributed by atoms with Crippen molar-refractivity contribution < 1.29 is 0 Å². The molecule has 0 heterocycles. The molecule has 3 heteroatoms. The number of hydrogen-bond donors (Lipinski definition) is 0. The Bertz CT molecular complexity index is 47.6. The van der Waals surface area contributed by atoms with Gasteiger partial charge in [0.2, 0.25) is 0 Å². The van der Waals surface area contributed by atoms with Gasteiger partial charge in [0.15, 0.2) is 0 Å². The van der Waals surface area contributed by atoms with Gasteiger partial charge in [0.1, 0.15) is 0 Å². The van der Waals surface area contributed by atoms with Gasteiger partial charge in [-0.1, -0.05) is 0 Å².